The maximum atomic E-state index is 14.4. The monoisotopic (exact) mass is 322 g/mol. The van der Waals surface area contributed by atoms with Crippen LogP contribution < -0.4 is 16.0 Å². The molecule has 6 heteroatoms. The van der Waals surface area contributed by atoms with E-state index in [1.54, 1.807) is 23.2 Å². The van der Waals surface area contributed by atoms with Crippen LogP contribution in [0.25, 0.3) is 0 Å². The minimum atomic E-state index is -0.265. The highest BCUT2D eigenvalue weighted by Crippen LogP contribution is 2.32. The number of fused-ring (bicyclic) bond motifs is 1. The number of anilines is 2. The van der Waals surface area contributed by atoms with Gasteiger partial charge >= 0.3 is 0 Å². The summed E-state index contributed by atoms with van der Waals surface area (Å²) in [5.41, 5.74) is 7.39. The van der Waals surface area contributed by atoms with Gasteiger partial charge in [-0.25, -0.2) is 9.37 Å². The number of hydrogen-bond donors (Lipinski definition) is 2. The first kappa shape index (κ1) is 16.5. The summed E-state index contributed by atoms with van der Waals surface area (Å²) in [6, 6.07) is 3.27. The van der Waals surface area contributed by atoms with Crippen LogP contribution in [0.4, 0.5) is 15.9 Å². The molecule has 118 valence electrons. The molecular formula is C16H20ClFN4. The molecule has 0 fully saturated rings. The largest absolute Gasteiger partial charge is 0.300 e. The molecule has 0 saturated carbocycles. The average molecular weight is 323 g/mol. The highest BCUT2D eigenvalue weighted by atomic mass is 35.5. The lowest BCUT2D eigenvalue weighted by atomic mass is 10.1. The van der Waals surface area contributed by atoms with Crippen molar-refractivity contribution in [2.75, 3.05) is 10.4 Å². The van der Waals surface area contributed by atoms with Crippen molar-refractivity contribution in [3.05, 3.63) is 53.0 Å². The zero-order chi connectivity index (χ0) is 16.1. The SMILES string of the molecule is C\C=C/C=C(\C(F)=C/CC)C(C)N1NNc2ccc(Cl)nc21. The summed E-state index contributed by atoms with van der Waals surface area (Å²) in [5.74, 6) is 0.418. The van der Waals surface area contributed by atoms with E-state index in [-0.39, 0.29) is 11.9 Å². The van der Waals surface area contributed by atoms with E-state index < -0.39 is 0 Å². The Morgan fingerprint density at radius 1 is 1.50 bits per heavy atom. The number of hydrazine groups is 2. The van der Waals surface area contributed by atoms with E-state index in [9.17, 15) is 4.39 Å². The van der Waals surface area contributed by atoms with Crippen LogP contribution in [-0.4, -0.2) is 11.0 Å². The molecule has 1 aromatic rings. The van der Waals surface area contributed by atoms with Crippen molar-refractivity contribution >= 4 is 23.1 Å². The lowest BCUT2D eigenvalue weighted by Gasteiger charge is -2.26. The molecule has 1 aliphatic rings. The van der Waals surface area contributed by atoms with Crippen molar-refractivity contribution in [3.8, 4) is 0 Å². The number of allylic oxidation sites excluding steroid dienone is 4. The van der Waals surface area contributed by atoms with Crippen LogP contribution >= 0.6 is 11.6 Å². The van der Waals surface area contributed by atoms with Gasteiger partial charge in [0.05, 0.1) is 11.7 Å². The summed E-state index contributed by atoms with van der Waals surface area (Å²) in [7, 11) is 0. The van der Waals surface area contributed by atoms with Gasteiger partial charge in [-0.2, -0.15) is 0 Å². The van der Waals surface area contributed by atoms with Gasteiger partial charge in [-0.1, -0.05) is 36.8 Å². The smallest absolute Gasteiger partial charge is 0.171 e. The topological polar surface area (TPSA) is 40.2 Å². The third kappa shape index (κ3) is 3.48. The van der Waals surface area contributed by atoms with Crippen LogP contribution in [0.15, 0.2) is 47.8 Å². The molecule has 1 atom stereocenters. The normalized spacial score (nSPS) is 16.9. The molecule has 2 heterocycles. The Morgan fingerprint density at radius 3 is 2.95 bits per heavy atom. The Morgan fingerprint density at radius 2 is 2.27 bits per heavy atom. The van der Waals surface area contributed by atoms with E-state index in [1.807, 2.05) is 39.0 Å². The van der Waals surface area contributed by atoms with E-state index in [0.29, 0.717) is 23.0 Å². The van der Waals surface area contributed by atoms with E-state index in [1.165, 1.54) is 0 Å². The summed E-state index contributed by atoms with van der Waals surface area (Å²) in [4.78, 5) is 4.30. The fourth-order valence-electron chi connectivity index (χ4n) is 2.21. The van der Waals surface area contributed by atoms with Crippen molar-refractivity contribution in [2.45, 2.75) is 33.2 Å². The first-order valence-electron chi connectivity index (χ1n) is 7.24. The number of rotatable bonds is 5. The minimum absolute atomic E-state index is 0.231. The van der Waals surface area contributed by atoms with E-state index in [4.69, 9.17) is 11.6 Å². The molecule has 1 unspecified atom stereocenters. The maximum absolute atomic E-state index is 14.4. The predicted molar refractivity (Wildman–Crippen MR) is 90.3 cm³/mol. The van der Waals surface area contributed by atoms with Gasteiger partial charge in [0, 0.05) is 5.57 Å². The van der Waals surface area contributed by atoms with Crippen LogP contribution in [0.3, 0.4) is 0 Å². The van der Waals surface area contributed by atoms with Crippen molar-refractivity contribution in [1.29, 1.82) is 0 Å². The fourth-order valence-corrected chi connectivity index (χ4v) is 2.36. The molecule has 2 rings (SSSR count). The molecule has 22 heavy (non-hydrogen) atoms. The van der Waals surface area contributed by atoms with Crippen molar-refractivity contribution in [1.82, 2.24) is 10.5 Å². The molecule has 0 amide bonds. The second kappa shape index (κ2) is 7.42. The molecule has 4 nitrogen and oxygen atoms in total. The Hall–Kier alpha value is -1.85. The number of nitrogens with zero attached hydrogens (tertiary/aromatic N) is 2. The number of pyridine rings is 1. The third-order valence-electron chi connectivity index (χ3n) is 3.35. The number of hydrogen-bond acceptors (Lipinski definition) is 4. The number of halogens is 2. The summed E-state index contributed by atoms with van der Waals surface area (Å²) in [6.07, 6.45) is 7.67. The lowest BCUT2D eigenvalue weighted by Crippen LogP contribution is -2.44. The van der Waals surface area contributed by atoms with Crippen molar-refractivity contribution < 1.29 is 4.39 Å². The van der Waals surface area contributed by atoms with Crippen molar-refractivity contribution in [3.63, 3.8) is 0 Å². The van der Waals surface area contributed by atoms with Crippen molar-refractivity contribution in [2.24, 2.45) is 0 Å². The Balaban J connectivity index is 2.35. The molecule has 2 N–H and O–H groups in total. The van der Waals surface area contributed by atoms with Gasteiger partial charge in [0.15, 0.2) is 5.82 Å². The molecule has 1 aromatic heterocycles. The van der Waals surface area contributed by atoms with E-state index >= 15 is 0 Å². The van der Waals surface area contributed by atoms with Gasteiger partial charge in [-0.3, -0.25) is 5.01 Å². The zero-order valence-electron chi connectivity index (χ0n) is 12.9. The summed E-state index contributed by atoms with van der Waals surface area (Å²) in [5, 5.41) is 2.16. The van der Waals surface area contributed by atoms with E-state index in [2.05, 4.69) is 15.9 Å². The number of nitrogens with one attached hydrogen (secondary N) is 2. The Kier molecular flexibility index (Phi) is 5.57. The highest BCUT2D eigenvalue weighted by molar-refractivity contribution is 6.29. The summed E-state index contributed by atoms with van der Waals surface area (Å²) < 4.78 is 14.4. The third-order valence-corrected chi connectivity index (χ3v) is 3.56. The van der Waals surface area contributed by atoms with Crippen LogP contribution in [-0.2, 0) is 0 Å². The zero-order valence-corrected chi connectivity index (χ0v) is 13.7. The van der Waals surface area contributed by atoms with Crippen LogP contribution in [0, 0.1) is 0 Å². The first-order valence-corrected chi connectivity index (χ1v) is 7.62. The van der Waals surface area contributed by atoms with E-state index in [0.717, 1.165) is 5.69 Å². The van der Waals surface area contributed by atoms with Gasteiger partial charge in [0.25, 0.3) is 0 Å². The average Bonchev–Trinajstić information content (AvgIpc) is 2.90. The predicted octanol–water partition coefficient (Wildman–Crippen LogP) is 4.54. The quantitative estimate of drug-likeness (QED) is 0.616. The van der Waals surface area contributed by atoms with Gasteiger partial charge in [0.2, 0.25) is 0 Å². The van der Waals surface area contributed by atoms with Gasteiger partial charge in [-0.15, -0.1) is 5.53 Å². The van der Waals surface area contributed by atoms with Crippen LogP contribution in [0.5, 0.6) is 0 Å². The van der Waals surface area contributed by atoms with Gasteiger partial charge < -0.3 is 5.43 Å². The van der Waals surface area contributed by atoms with Crippen LogP contribution in [0.1, 0.15) is 27.2 Å². The second-order valence-corrected chi connectivity index (χ2v) is 5.28. The summed E-state index contributed by atoms with van der Waals surface area (Å²) >= 11 is 5.96. The van der Waals surface area contributed by atoms with Crippen LogP contribution in [0.2, 0.25) is 5.15 Å². The van der Waals surface area contributed by atoms with Gasteiger partial charge in [0.1, 0.15) is 11.0 Å². The molecule has 0 aromatic carbocycles. The number of aromatic nitrogens is 1. The Bertz CT molecular complexity index is 625. The molecule has 1 aliphatic heterocycles. The molecule has 0 radical (unpaired) electrons. The molecule has 0 aliphatic carbocycles. The maximum Gasteiger partial charge on any atom is 0.171 e. The lowest BCUT2D eigenvalue weighted by molar-refractivity contribution is 0.584. The molecule has 0 spiro atoms. The molecule has 0 saturated heterocycles. The molecule has 0 bridgehead atoms. The Labute approximate surface area is 135 Å². The standard InChI is InChI=1S/C16H20ClFN4/c1-4-6-8-12(13(18)7-5-2)11(3)22-16-14(20-21-22)9-10-15(17)19-16/h4,6-11,20-21H,5H2,1-3H3/b6-4-,12-8-,13-7+. The second-order valence-electron chi connectivity index (χ2n) is 4.90. The first-order chi connectivity index (χ1) is 10.6. The minimum Gasteiger partial charge on any atom is -0.300 e. The summed E-state index contributed by atoms with van der Waals surface area (Å²) in [6.45, 7) is 5.71. The van der Waals surface area contributed by atoms with Gasteiger partial charge in [-0.05, 0) is 38.5 Å². The fraction of sp³-hybridized carbons (Fsp3) is 0.312. The highest BCUT2D eigenvalue weighted by Gasteiger charge is 2.28. The molecular weight excluding hydrogens is 303 g/mol.